The van der Waals surface area contributed by atoms with Crippen LogP contribution in [0, 0.1) is 5.92 Å². The van der Waals surface area contributed by atoms with Crippen LogP contribution in [-0.2, 0) is 19.1 Å². The summed E-state index contributed by atoms with van der Waals surface area (Å²) >= 11 is 0. The fourth-order valence-corrected chi connectivity index (χ4v) is 3.54. The summed E-state index contributed by atoms with van der Waals surface area (Å²) in [5, 5.41) is 2.27. The molecule has 0 aromatic heterocycles. The third kappa shape index (κ3) is 6.78. The molecule has 33 heavy (non-hydrogen) atoms. The number of hydrogen-bond acceptors (Lipinski definition) is 6. The Morgan fingerprint density at radius 1 is 1.27 bits per heavy atom. The van der Waals surface area contributed by atoms with Crippen LogP contribution in [0.5, 0.6) is 5.75 Å². The predicted octanol–water partition coefficient (Wildman–Crippen LogP) is 1.42. The van der Waals surface area contributed by atoms with Crippen LogP contribution in [0.25, 0.3) is 0 Å². The van der Waals surface area contributed by atoms with Gasteiger partial charge < -0.3 is 25.4 Å². The minimum Gasteiger partial charge on any atom is -0.433 e. The Bertz CT molecular complexity index is 880. The summed E-state index contributed by atoms with van der Waals surface area (Å²) in [4.78, 5) is 39.2. The molecule has 0 spiro atoms. The Hall–Kier alpha value is -2.93. The van der Waals surface area contributed by atoms with Gasteiger partial charge in [0, 0.05) is 24.8 Å². The highest BCUT2D eigenvalue weighted by Gasteiger charge is 2.37. The summed E-state index contributed by atoms with van der Waals surface area (Å²) in [6.45, 7) is -3.78. The zero-order valence-corrected chi connectivity index (χ0v) is 17.5. The molecular formula is C20H24F4N4O5. The number of hydrogen-bond donors (Lipinski definition) is 2. The number of rotatable bonds is 11. The number of nitrogens with two attached hydrogens (primary N) is 1. The predicted molar refractivity (Wildman–Crippen MR) is 108 cm³/mol. The average Bonchev–Trinajstić information content (AvgIpc) is 3.52. The van der Waals surface area contributed by atoms with Crippen molar-refractivity contribution in [1.82, 2.24) is 4.90 Å². The first kappa shape index (κ1) is 24.7. The summed E-state index contributed by atoms with van der Waals surface area (Å²) in [5.41, 5.74) is 5.32. The Kier molecular flexibility index (Phi) is 8.08. The maximum absolute atomic E-state index is 13.1. The average molecular weight is 476 g/mol. The van der Waals surface area contributed by atoms with E-state index in [9.17, 15) is 31.9 Å². The number of anilines is 2. The van der Waals surface area contributed by atoms with Gasteiger partial charge in [0.05, 0.1) is 18.8 Å². The largest absolute Gasteiger partial charge is 0.433 e. The van der Waals surface area contributed by atoms with Crippen LogP contribution >= 0.6 is 0 Å². The van der Waals surface area contributed by atoms with Crippen molar-refractivity contribution in [3.63, 3.8) is 0 Å². The van der Waals surface area contributed by atoms with Gasteiger partial charge in [-0.1, -0.05) is 0 Å². The number of benzene rings is 1. The van der Waals surface area contributed by atoms with E-state index in [-0.39, 0.29) is 43.6 Å². The zero-order valence-electron chi connectivity index (χ0n) is 17.5. The molecule has 13 heteroatoms. The summed E-state index contributed by atoms with van der Waals surface area (Å²) in [7, 11) is 0. The number of amides is 3. The number of ether oxygens (including phenoxy) is 2. The van der Waals surface area contributed by atoms with E-state index in [0.29, 0.717) is 0 Å². The SMILES string of the molecule is NC(=O)[C@@H](C(=O)Nc1ccc(N2CCOCC2=O)cc1OC(F)F)N(CC(F)F)CC1CC1. The van der Waals surface area contributed by atoms with E-state index in [4.69, 9.17) is 10.5 Å². The van der Waals surface area contributed by atoms with Crippen LogP contribution in [0.15, 0.2) is 18.2 Å². The molecule has 2 aliphatic rings. The third-order valence-electron chi connectivity index (χ3n) is 5.18. The fourth-order valence-electron chi connectivity index (χ4n) is 3.54. The van der Waals surface area contributed by atoms with Gasteiger partial charge in [0.15, 0.2) is 11.8 Å². The molecule has 1 heterocycles. The molecule has 9 nitrogen and oxygen atoms in total. The molecule has 0 bridgehead atoms. The molecule has 0 radical (unpaired) electrons. The lowest BCUT2D eigenvalue weighted by Gasteiger charge is -2.29. The van der Waals surface area contributed by atoms with Gasteiger partial charge in [0.25, 0.3) is 18.2 Å². The molecule has 1 aliphatic heterocycles. The highest BCUT2D eigenvalue weighted by atomic mass is 19.3. The van der Waals surface area contributed by atoms with Crippen molar-refractivity contribution in [3.8, 4) is 5.75 Å². The van der Waals surface area contributed by atoms with Gasteiger partial charge in [-0.2, -0.15) is 8.78 Å². The lowest BCUT2D eigenvalue weighted by molar-refractivity contribution is -0.133. The van der Waals surface area contributed by atoms with E-state index in [2.05, 4.69) is 10.1 Å². The van der Waals surface area contributed by atoms with Crippen LogP contribution in [0.1, 0.15) is 12.8 Å². The van der Waals surface area contributed by atoms with Gasteiger partial charge in [-0.3, -0.25) is 19.3 Å². The van der Waals surface area contributed by atoms with Crippen molar-refractivity contribution in [3.05, 3.63) is 18.2 Å². The van der Waals surface area contributed by atoms with Crippen molar-refractivity contribution in [2.24, 2.45) is 11.7 Å². The quantitative estimate of drug-likeness (QED) is 0.369. The summed E-state index contributed by atoms with van der Waals surface area (Å²) in [6, 6.07) is 1.99. The lowest BCUT2D eigenvalue weighted by atomic mass is 10.1. The van der Waals surface area contributed by atoms with E-state index in [1.165, 1.54) is 17.0 Å². The number of carbonyl (C=O) groups excluding carboxylic acids is 3. The monoisotopic (exact) mass is 476 g/mol. The maximum atomic E-state index is 13.1. The number of nitrogens with zero attached hydrogens (tertiary/aromatic N) is 2. The molecule has 3 N–H and O–H groups in total. The van der Waals surface area contributed by atoms with Crippen molar-refractivity contribution >= 4 is 29.1 Å². The molecule has 0 unspecified atom stereocenters. The van der Waals surface area contributed by atoms with Gasteiger partial charge in [-0.05, 0) is 30.9 Å². The minimum absolute atomic E-state index is 0.0708. The zero-order chi connectivity index (χ0) is 24.1. The molecule has 1 aromatic rings. The highest BCUT2D eigenvalue weighted by Crippen LogP contribution is 2.33. The Balaban J connectivity index is 1.84. The van der Waals surface area contributed by atoms with Crippen LogP contribution in [0.4, 0.5) is 28.9 Å². The normalized spacial score (nSPS) is 17.5. The molecule has 3 rings (SSSR count). The van der Waals surface area contributed by atoms with Gasteiger partial charge in [-0.15, -0.1) is 0 Å². The van der Waals surface area contributed by atoms with Crippen LogP contribution in [0.3, 0.4) is 0 Å². The highest BCUT2D eigenvalue weighted by molar-refractivity contribution is 6.10. The van der Waals surface area contributed by atoms with E-state index in [1.54, 1.807) is 0 Å². The molecule has 1 saturated carbocycles. The number of halogens is 4. The number of primary amides is 1. The second kappa shape index (κ2) is 10.8. The number of morpholine rings is 1. The Morgan fingerprint density at radius 2 is 2.00 bits per heavy atom. The standard InChI is InChI=1S/C20H24F4N4O5/c21-15(22)9-27(8-11-1-2-11)17(18(25)30)19(31)26-13-4-3-12(7-14(13)33-20(23)24)28-5-6-32-10-16(28)29/h3-4,7,11,15,17,20H,1-2,5-6,8-10H2,(H2,25,30)(H,26,31)/t17-/m0/s1. The van der Waals surface area contributed by atoms with Gasteiger partial charge >= 0.3 is 6.61 Å². The first-order chi connectivity index (χ1) is 15.7. The van der Waals surface area contributed by atoms with Gasteiger partial charge in [-0.25, -0.2) is 8.78 Å². The molecular weight excluding hydrogens is 452 g/mol. The summed E-state index contributed by atoms with van der Waals surface area (Å²) < 4.78 is 61.6. The molecule has 3 amide bonds. The summed E-state index contributed by atoms with van der Waals surface area (Å²) in [6.07, 6.45) is -1.26. The smallest absolute Gasteiger partial charge is 0.387 e. The van der Waals surface area contributed by atoms with Crippen LogP contribution in [0.2, 0.25) is 0 Å². The van der Waals surface area contributed by atoms with E-state index in [1.807, 2.05) is 0 Å². The lowest BCUT2D eigenvalue weighted by Crippen LogP contribution is -2.54. The summed E-state index contributed by atoms with van der Waals surface area (Å²) in [5.74, 6) is -3.00. The molecule has 1 atom stereocenters. The van der Waals surface area contributed by atoms with Gasteiger partial charge in [0.2, 0.25) is 5.91 Å². The van der Waals surface area contributed by atoms with E-state index >= 15 is 0 Å². The Labute approximate surface area is 186 Å². The third-order valence-corrected chi connectivity index (χ3v) is 5.18. The fraction of sp³-hybridized carbons (Fsp3) is 0.550. The van der Waals surface area contributed by atoms with E-state index < -0.39 is 49.1 Å². The van der Waals surface area contributed by atoms with Crippen LogP contribution in [-0.4, -0.2) is 74.5 Å². The maximum Gasteiger partial charge on any atom is 0.387 e. The van der Waals surface area contributed by atoms with Crippen molar-refractivity contribution < 1.29 is 41.4 Å². The molecule has 2 fully saturated rings. The second-order valence-electron chi connectivity index (χ2n) is 7.74. The first-order valence-corrected chi connectivity index (χ1v) is 10.2. The van der Waals surface area contributed by atoms with Crippen LogP contribution < -0.4 is 20.7 Å². The van der Waals surface area contributed by atoms with Crippen molar-refractivity contribution in [2.45, 2.75) is 31.9 Å². The second-order valence-corrected chi connectivity index (χ2v) is 7.74. The first-order valence-electron chi connectivity index (χ1n) is 10.2. The van der Waals surface area contributed by atoms with Crippen molar-refractivity contribution in [1.29, 1.82) is 0 Å². The topological polar surface area (TPSA) is 114 Å². The number of carbonyl (C=O) groups is 3. The van der Waals surface area contributed by atoms with Gasteiger partial charge in [0.1, 0.15) is 6.61 Å². The molecule has 1 saturated heterocycles. The molecule has 1 aromatic carbocycles. The number of nitrogens with one attached hydrogen (secondary N) is 1. The molecule has 182 valence electrons. The Morgan fingerprint density at radius 3 is 2.58 bits per heavy atom. The minimum atomic E-state index is -3.26. The molecule has 1 aliphatic carbocycles. The van der Waals surface area contributed by atoms with E-state index in [0.717, 1.165) is 23.8 Å². The van der Waals surface area contributed by atoms with Crippen molar-refractivity contribution in [2.75, 3.05) is 43.1 Å². The number of alkyl halides is 4.